The Balaban J connectivity index is 1.92. The van der Waals surface area contributed by atoms with Gasteiger partial charge < -0.3 is 4.90 Å². The van der Waals surface area contributed by atoms with Gasteiger partial charge in [-0.3, -0.25) is 9.59 Å². The van der Waals surface area contributed by atoms with Gasteiger partial charge in [-0.15, -0.1) is 0 Å². The first-order chi connectivity index (χ1) is 11.2. The van der Waals surface area contributed by atoms with E-state index in [2.05, 4.69) is 4.90 Å². The molecule has 3 nitrogen and oxygen atoms in total. The van der Waals surface area contributed by atoms with E-state index >= 15 is 0 Å². The van der Waals surface area contributed by atoms with Gasteiger partial charge in [0.1, 0.15) is 0 Å². The molecule has 0 amide bonds. The molecule has 2 aromatic rings. The molecule has 1 saturated heterocycles. The number of carbonyl (C=O) groups is 2. The Kier molecular flexibility index (Phi) is 3.46. The van der Waals surface area contributed by atoms with Crippen molar-refractivity contribution in [2.45, 2.75) is 19.3 Å². The largest absolute Gasteiger partial charge is 0.371 e. The Morgan fingerprint density at radius 1 is 0.783 bits per heavy atom. The van der Waals surface area contributed by atoms with E-state index in [4.69, 9.17) is 11.6 Å². The van der Waals surface area contributed by atoms with Crippen LogP contribution in [0.1, 0.15) is 51.1 Å². The minimum absolute atomic E-state index is 0.115. The van der Waals surface area contributed by atoms with Crippen LogP contribution >= 0.6 is 11.6 Å². The molecule has 1 aliphatic carbocycles. The summed E-state index contributed by atoms with van der Waals surface area (Å²) < 4.78 is 0. The molecule has 2 aromatic carbocycles. The smallest absolute Gasteiger partial charge is 0.198 e. The van der Waals surface area contributed by atoms with Crippen molar-refractivity contribution in [3.8, 4) is 0 Å². The van der Waals surface area contributed by atoms with Crippen molar-refractivity contribution >= 4 is 28.9 Å². The van der Waals surface area contributed by atoms with Crippen LogP contribution in [0, 0.1) is 0 Å². The average Bonchev–Trinajstić information content (AvgIpc) is 2.59. The van der Waals surface area contributed by atoms with Crippen LogP contribution in [-0.2, 0) is 0 Å². The Bertz CT molecular complexity index is 822. The number of benzene rings is 2. The van der Waals surface area contributed by atoms with E-state index in [1.807, 2.05) is 12.1 Å². The molecule has 2 aliphatic rings. The Hall–Kier alpha value is -2.13. The standard InChI is InChI=1S/C19H16ClNO2/c20-14-8-4-6-12-16(14)19(23)17-13(18(12)22)7-5-9-15(17)21-10-2-1-3-11-21/h4-9H,1-3,10-11H2. The number of piperidine rings is 1. The highest BCUT2D eigenvalue weighted by Gasteiger charge is 2.34. The summed E-state index contributed by atoms with van der Waals surface area (Å²) in [6.45, 7) is 1.85. The number of hydrogen-bond donors (Lipinski definition) is 0. The van der Waals surface area contributed by atoms with Gasteiger partial charge in [-0.2, -0.15) is 0 Å². The monoisotopic (exact) mass is 325 g/mol. The van der Waals surface area contributed by atoms with Crippen LogP contribution in [0.2, 0.25) is 5.02 Å². The third-order valence-corrected chi connectivity index (χ3v) is 5.01. The third-order valence-electron chi connectivity index (χ3n) is 4.70. The molecule has 0 spiro atoms. The van der Waals surface area contributed by atoms with Gasteiger partial charge in [0, 0.05) is 29.9 Å². The van der Waals surface area contributed by atoms with Gasteiger partial charge >= 0.3 is 0 Å². The molecular formula is C19H16ClNO2. The molecule has 0 unspecified atom stereocenters. The van der Waals surface area contributed by atoms with Gasteiger partial charge in [-0.1, -0.05) is 35.9 Å². The molecule has 23 heavy (non-hydrogen) atoms. The highest BCUT2D eigenvalue weighted by atomic mass is 35.5. The number of halogens is 1. The number of rotatable bonds is 1. The highest BCUT2D eigenvalue weighted by Crippen LogP contribution is 2.37. The van der Waals surface area contributed by atoms with Gasteiger partial charge in [0.15, 0.2) is 11.6 Å². The average molecular weight is 326 g/mol. The minimum Gasteiger partial charge on any atom is -0.371 e. The first-order valence-corrected chi connectivity index (χ1v) is 8.32. The first kappa shape index (κ1) is 14.5. The normalized spacial score (nSPS) is 17.0. The zero-order valence-corrected chi connectivity index (χ0v) is 13.4. The summed E-state index contributed by atoms with van der Waals surface area (Å²) in [7, 11) is 0. The predicted molar refractivity (Wildman–Crippen MR) is 90.8 cm³/mol. The molecule has 0 radical (unpaired) electrons. The van der Waals surface area contributed by atoms with E-state index < -0.39 is 0 Å². The van der Waals surface area contributed by atoms with E-state index in [-0.39, 0.29) is 11.6 Å². The van der Waals surface area contributed by atoms with Crippen molar-refractivity contribution in [3.05, 3.63) is 63.7 Å². The van der Waals surface area contributed by atoms with E-state index in [0.717, 1.165) is 31.6 Å². The predicted octanol–water partition coefficient (Wildman–Crippen LogP) is 4.11. The van der Waals surface area contributed by atoms with Crippen LogP contribution in [-0.4, -0.2) is 24.7 Å². The maximum absolute atomic E-state index is 13.1. The first-order valence-electron chi connectivity index (χ1n) is 7.94. The van der Waals surface area contributed by atoms with Crippen LogP contribution in [0.5, 0.6) is 0 Å². The second-order valence-electron chi connectivity index (χ2n) is 6.07. The summed E-state index contributed by atoms with van der Waals surface area (Å²) in [4.78, 5) is 28.1. The SMILES string of the molecule is O=C1c2cccc(Cl)c2C(=O)c2c1cccc2N1CCCCC1. The molecular weight excluding hydrogens is 310 g/mol. The van der Waals surface area contributed by atoms with E-state index in [9.17, 15) is 9.59 Å². The molecule has 1 fully saturated rings. The fourth-order valence-corrected chi connectivity index (χ4v) is 3.84. The van der Waals surface area contributed by atoms with Gasteiger partial charge in [0.25, 0.3) is 0 Å². The molecule has 0 N–H and O–H groups in total. The molecule has 4 heteroatoms. The molecule has 0 aromatic heterocycles. The Labute approximate surface area is 139 Å². The zero-order valence-electron chi connectivity index (χ0n) is 12.6. The van der Waals surface area contributed by atoms with Crippen molar-refractivity contribution in [1.29, 1.82) is 0 Å². The number of carbonyl (C=O) groups excluding carboxylic acids is 2. The van der Waals surface area contributed by atoms with Gasteiger partial charge in [-0.05, 0) is 31.4 Å². The number of nitrogens with zero attached hydrogens (tertiary/aromatic N) is 1. The number of fused-ring (bicyclic) bond motifs is 2. The lowest BCUT2D eigenvalue weighted by atomic mass is 9.83. The summed E-state index contributed by atoms with van der Waals surface area (Å²) in [6, 6.07) is 10.6. The lowest BCUT2D eigenvalue weighted by Gasteiger charge is -2.32. The van der Waals surface area contributed by atoms with Gasteiger partial charge in [0.2, 0.25) is 0 Å². The topological polar surface area (TPSA) is 37.4 Å². The lowest BCUT2D eigenvalue weighted by Crippen LogP contribution is -2.32. The van der Waals surface area contributed by atoms with Crippen LogP contribution in [0.25, 0.3) is 0 Å². The van der Waals surface area contributed by atoms with Crippen molar-refractivity contribution in [1.82, 2.24) is 0 Å². The molecule has 116 valence electrons. The maximum atomic E-state index is 13.1. The molecule has 1 heterocycles. The van der Waals surface area contributed by atoms with Crippen LogP contribution < -0.4 is 4.90 Å². The van der Waals surface area contributed by atoms with Crippen molar-refractivity contribution < 1.29 is 9.59 Å². The number of ketones is 2. The quantitative estimate of drug-likeness (QED) is 0.676. The fraction of sp³-hybridized carbons (Fsp3) is 0.263. The zero-order chi connectivity index (χ0) is 16.0. The van der Waals surface area contributed by atoms with Crippen LogP contribution in [0.3, 0.4) is 0 Å². The van der Waals surface area contributed by atoms with E-state index in [1.54, 1.807) is 24.3 Å². The lowest BCUT2D eigenvalue weighted by molar-refractivity contribution is 0.0979. The number of anilines is 1. The Morgan fingerprint density at radius 2 is 1.43 bits per heavy atom. The minimum atomic E-state index is -0.138. The maximum Gasteiger partial charge on any atom is 0.198 e. The summed E-state index contributed by atoms with van der Waals surface area (Å²) in [5.41, 5.74) is 2.63. The molecule has 0 atom stereocenters. The van der Waals surface area contributed by atoms with Crippen molar-refractivity contribution in [2.24, 2.45) is 0 Å². The van der Waals surface area contributed by atoms with Crippen molar-refractivity contribution in [2.75, 3.05) is 18.0 Å². The Morgan fingerprint density at radius 3 is 2.17 bits per heavy atom. The summed E-state index contributed by atoms with van der Waals surface area (Å²) in [6.07, 6.45) is 3.44. The fourth-order valence-electron chi connectivity index (χ4n) is 3.58. The second-order valence-corrected chi connectivity index (χ2v) is 6.48. The van der Waals surface area contributed by atoms with Crippen LogP contribution in [0.4, 0.5) is 5.69 Å². The van der Waals surface area contributed by atoms with Gasteiger partial charge in [0.05, 0.1) is 16.1 Å². The highest BCUT2D eigenvalue weighted by molar-refractivity contribution is 6.39. The summed E-state index contributed by atoms with van der Waals surface area (Å²) in [5.74, 6) is -0.252. The second kappa shape index (κ2) is 5.50. The van der Waals surface area contributed by atoms with E-state index in [0.29, 0.717) is 27.3 Å². The number of hydrogen-bond acceptors (Lipinski definition) is 3. The van der Waals surface area contributed by atoms with Gasteiger partial charge in [-0.25, -0.2) is 0 Å². The summed E-state index contributed by atoms with van der Waals surface area (Å²) in [5, 5.41) is 0.347. The summed E-state index contributed by atoms with van der Waals surface area (Å²) >= 11 is 6.22. The van der Waals surface area contributed by atoms with Crippen LogP contribution in [0.15, 0.2) is 36.4 Å². The van der Waals surface area contributed by atoms with Crippen molar-refractivity contribution in [3.63, 3.8) is 0 Å². The molecule has 0 bridgehead atoms. The molecule has 4 rings (SSSR count). The third kappa shape index (κ3) is 2.19. The molecule has 0 saturated carbocycles. The van der Waals surface area contributed by atoms with E-state index in [1.165, 1.54) is 6.42 Å². The molecule has 1 aliphatic heterocycles.